The maximum atomic E-state index is 14.5. The van der Waals surface area contributed by atoms with Crippen LogP contribution in [0, 0.1) is 18.6 Å². The lowest BCUT2D eigenvalue weighted by Gasteiger charge is -2.23. The van der Waals surface area contributed by atoms with Crippen LogP contribution in [0.25, 0.3) is 5.65 Å². The predicted molar refractivity (Wildman–Crippen MR) is 106 cm³/mol. The minimum atomic E-state index is -0.611. The van der Waals surface area contributed by atoms with Crippen molar-refractivity contribution in [3.05, 3.63) is 65.1 Å². The third-order valence-corrected chi connectivity index (χ3v) is 4.93. The molecule has 1 amide bonds. The Balaban J connectivity index is 0.00000225. The number of halogens is 3. The predicted octanol–water partition coefficient (Wildman–Crippen LogP) is 4.06. The number of piperidine rings is 1. The van der Waals surface area contributed by atoms with Crippen LogP contribution < -0.4 is 10.6 Å². The van der Waals surface area contributed by atoms with E-state index in [2.05, 4.69) is 15.6 Å². The van der Waals surface area contributed by atoms with Crippen molar-refractivity contribution < 1.29 is 13.6 Å². The van der Waals surface area contributed by atoms with Gasteiger partial charge in [-0.15, -0.1) is 12.4 Å². The Bertz CT molecular complexity index is 1010. The molecule has 0 saturated carbocycles. The smallest absolute Gasteiger partial charge is 0.258 e. The number of aromatic nitrogens is 2. The van der Waals surface area contributed by atoms with Gasteiger partial charge in [-0.2, -0.15) is 0 Å². The summed E-state index contributed by atoms with van der Waals surface area (Å²) in [6.07, 6.45) is 5.11. The summed E-state index contributed by atoms with van der Waals surface area (Å²) < 4.78 is 30.2. The molecule has 1 saturated heterocycles. The molecule has 3 aromatic rings. The van der Waals surface area contributed by atoms with E-state index in [-0.39, 0.29) is 29.3 Å². The van der Waals surface area contributed by atoms with Gasteiger partial charge in [0.05, 0.1) is 16.9 Å². The van der Waals surface area contributed by atoms with Crippen molar-refractivity contribution in [2.24, 2.45) is 0 Å². The normalized spacial score (nSPS) is 14.7. The molecule has 3 heterocycles. The van der Waals surface area contributed by atoms with Crippen LogP contribution in [0.2, 0.25) is 0 Å². The molecule has 0 unspecified atom stereocenters. The van der Waals surface area contributed by atoms with Gasteiger partial charge in [0.15, 0.2) is 11.5 Å². The summed E-state index contributed by atoms with van der Waals surface area (Å²) in [5.41, 5.74) is 1.94. The van der Waals surface area contributed by atoms with Gasteiger partial charge < -0.3 is 15.0 Å². The lowest BCUT2D eigenvalue weighted by Crippen LogP contribution is -2.26. The van der Waals surface area contributed by atoms with E-state index in [1.165, 1.54) is 22.6 Å². The van der Waals surface area contributed by atoms with Crippen LogP contribution in [0.1, 0.15) is 40.4 Å². The molecule has 8 heteroatoms. The van der Waals surface area contributed by atoms with Crippen LogP contribution >= 0.6 is 12.4 Å². The first-order valence-corrected chi connectivity index (χ1v) is 8.97. The van der Waals surface area contributed by atoms with Gasteiger partial charge in [0.1, 0.15) is 5.82 Å². The van der Waals surface area contributed by atoms with Gasteiger partial charge in [0, 0.05) is 18.5 Å². The second-order valence-electron chi connectivity index (χ2n) is 6.91. The largest absolute Gasteiger partial charge is 0.320 e. The molecule has 0 bridgehead atoms. The molecule has 0 radical (unpaired) electrons. The Morgan fingerprint density at radius 2 is 1.93 bits per heavy atom. The summed E-state index contributed by atoms with van der Waals surface area (Å²) in [5, 5.41) is 5.84. The molecule has 2 aromatic heterocycles. The van der Waals surface area contributed by atoms with Crippen LogP contribution in [0.3, 0.4) is 0 Å². The van der Waals surface area contributed by atoms with Gasteiger partial charge in [-0.3, -0.25) is 4.79 Å². The highest BCUT2D eigenvalue weighted by Crippen LogP contribution is 2.27. The number of fused-ring (bicyclic) bond motifs is 1. The first-order valence-electron chi connectivity index (χ1n) is 8.97. The first kappa shape index (κ1) is 20.2. The number of benzene rings is 1. The number of anilines is 1. The first-order chi connectivity index (χ1) is 13.0. The number of amides is 1. The zero-order chi connectivity index (χ0) is 19.0. The lowest BCUT2D eigenvalue weighted by atomic mass is 9.89. The molecular weight excluding hydrogens is 386 g/mol. The molecule has 1 aliphatic heterocycles. The third-order valence-electron chi connectivity index (χ3n) is 4.93. The summed E-state index contributed by atoms with van der Waals surface area (Å²) in [6, 6.07) is 5.92. The molecule has 0 spiro atoms. The molecule has 1 aliphatic rings. The molecule has 148 valence electrons. The monoisotopic (exact) mass is 406 g/mol. The highest BCUT2D eigenvalue weighted by Gasteiger charge is 2.19. The van der Waals surface area contributed by atoms with Crippen molar-refractivity contribution in [1.29, 1.82) is 0 Å². The average Bonchev–Trinajstić information content (AvgIpc) is 3.03. The van der Waals surface area contributed by atoms with Gasteiger partial charge in [0.2, 0.25) is 0 Å². The van der Waals surface area contributed by atoms with E-state index in [1.54, 1.807) is 25.4 Å². The number of hydrogen-bond acceptors (Lipinski definition) is 3. The molecular formula is C20H21ClF2N4O. The maximum absolute atomic E-state index is 14.5. The number of aryl methyl sites for hydroxylation is 1. The van der Waals surface area contributed by atoms with E-state index >= 15 is 0 Å². The molecule has 4 rings (SSSR count). The fraction of sp³-hybridized carbons (Fsp3) is 0.300. The fourth-order valence-corrected chi connectivity index (χ4v) is 3.57. The minimum Gasteiger partial charge on any atom is -0.320 e. The molecule has 5 nitrogen and oxygen atoms in total. The average molecular weight is 407 g/mol. The summed E-state index contributed by atoms with van der Waals surface area (Å²) >= 11 is 0. The lowest BCUT2D eigenvalue weighted by molar-refractivity contribution is 0.102. The molecule has 28 heavy (non-hydrogen) atoms. The highest BCUT2D eigenvalue weighted by molar-refractivity contribution is 6.04. The van der Waals surface area contributed by atoms with E-state index in [4.69, 9.17) is 0 Å². The van der Waals surface area contributed by atoms with Crippen LogP contribution in [-0.2, 0) is 0 Å². The maximum Gasteiger partial charge on any atom is 0.258 e. The van der Waals surface area contributed by atoms with Crippen molar-refractivity contribution in [3.8, 4) is 0 Å². The van der Waals surface area contributed by atoms with Crippen molar-refractivity contribution in [2.75, 3.05) is 18.4 Å². The second kappa shape index (κ2) is 8.24. The van der Waals surface area contributed by atoms with E-state index < -0.39 is 17.5 Å². The summed E-state index contributed by atoms with van der Waals surface area (Å²) in [4.78, 5) is 16.5. The Hall–Kier alpha value is -2.51. The zero-order valence-electron chi connectivity index (χ0n) is 15.3. The van der Waals surface area contributed by atoms with Gasteiger partial charge in [-0.1, -0.05) is 6.07 Å². The SMILES string of the molecule is Cc1cn2cc(NC(=O)c3ccc(C4CCNCC4)cc3F)cc(F)c2n1.Cl. The zero-order valence-corrected chi connectivity index (χ0v) is 16.2. The van der Waals surface area contributed by atoms with E-state index in [0.717, 1.165) is 31.5 Å². The van der Waals surface area contributed by atoms with Crippen LogP contribution in [0.4, 0.5) is 14.5 Å². The third kappa shape index (κ3) is 4.00. The molecule has 2 N–H and O–H groups in total. The van der Waals surface area contributed by atoms with Gasteiger partial charge in [0.25, 0.3) is 5.91 Å². The van der Waals surface area contributed by atoms with E-state index in [1.807, 2.05) is 0 Å². The Morgan fingerprint density at radius 1 is 1.18 bits per heavy atom. The number of carbonyl (C=O) groups excluding carboxylic acids is 1. The second-order valence-corrected chi connectivity index (χ2v) is 6.91. The van der Waals surface area contributed by atoms with Crippen LogP contribution in [-0.4, -0.2) is 28.4 Å². The van der Waals surface area contributed by atoms with Crippen molar-refractivity contribution >= 4 is 29.6 Å². The minimum absolute atomic E-state index is 0. The van der Waals surface area contributed by atoms with Gasteiger partial charge >= 0.3 is 0 Å². The topological polar surface area (TPSA) is 58.4 Å². The summed E-state index contributed by atoms with van der Waals surface area (Å²) in [5.74, 6) is -1.43. The molecule has 1 fully saturated rings. The number of pyridine rings is 1. The van der Waals surface area contributed by atoms with Crippen LogP contribution in [0.15, 0.2) is 36.7 Å². The highest BCUT2D eigenvalue weighted by atomic mass is 35.5. The molecule has 1 aromatic carbocycles. The van der Waals surface area contributed by atoms with Crippen molar-refractivity contribution in [2.45, 2.75) is 25.7 Å². The fourth-order valence-electron chi connectivity index (χ4n) is 3.57. The summed E-state index contributed by atoms with van der Waals surface area (Å²) in [7, 11) is 0. The van der Waals surface area contributed by atoms with Crippen molar-refractivity contribution in [3.63, 3.8) is 0 Å². The number of rotatable bonds is 3. The molecule has 0 atom stereocenters. The van der Waals surface area contributed by atoms with E-state index in [9.17, 15) is 13.6 Å². The summed E-state index contributed by atoms with van der Waals surface area (Å²) in [6.45, 7) is 3.58. The number of nitrogens with zero attached hydrogens (tertiary/aromatic N) is 2. The number of nitrogens with one attached hydrogen (secondary N) is 2. The van der Waals surface area contributed by atoms with Gasteiger partial charge in [-0.25, -0.2) is 13.8 Å². The number of carbonyl (C=O) groups is 1. The van der Waals surface area contributed by atoms with Crippen molar-refractivity contribution in [1.82, 2.24) is 14.7 Å². The molecule has 0 aliphatic carbocycles. The number of hydrogen-bond donors (Lipinski definition) is 2. The Labute approximate surface area is 167 Å². The van der Waals surface area contributed by atoms with Crippen LogP contribution in [0.5, 0.6) is 0 Å². The van der Waals surface area contributed by atoms with Gasteiger partial charge in [-0.05, 0) is 56.5 Å². The quantitative estimate of drug-likeness (QED) is 0.689. The Kier molecular flexibility index (Phi) is 5.96. The number of imidazole rings is 1. The standard InChI is InChI=1S/C20H20F2N4O.ClH/c1-12-10-26-11-15(9-18(22)19(26)24-12)25-20(27)16-3-2-14(8-17(16)21)13-4-6-23-7-5-13;/h2-3,8-11,13,23H,4-7H2,1H3,(H,25,27);1H. The van der Waals surface area contributed by atoms with E-state index in [0.29, 0.717) is 11.6 Å². The Morgan fingerprint density at radius 3 is 2.64 bits per heavy atom.